The highest BCUT2D eigenvalue weighted by Gasteiger charge is 2.05. The van der Waals surface area contributed by atoms with Crippen LogP contribution in [-0.4, -0.2) is 32.8 Å². The van der Waals surface area contributed by atoms with Crippen molar-refractivity contribution in [3.8, 4) is 23.3 Å². The van der Waals surface area contributed by atoms with E-state index in [1.807, 2.05) is 37.3 Å². The van der Waals surface area contributed by atoms with E-state index in [0.717, 1.165) is 16.9 Å². The van der Waals surface area contributed by atoms with Gasteiger partial charge in [-0.3, -0.25) is 4.79 Å². The molecule has 2 aromatic carbocycles. The van der Waals surface area contributed by atoms with E-state index < -0.39 is 0 Å². The van der Waals surface area contributed by atoms with Crippen molar-refractivity contribution >= 4 is 12.0 Å². The molecule has 0 heterocycles. The maximum Gasteiger partial charge on any atom is 0.244 e. The third-order valence-electron chi connectivity index (χ3n) is 3.66. The molecule has 0 aromatic heterocycles. The summed E-state index contributed by atoms with van der Waals surface area (Å²) in [6.45, 7) is 2.71. The van der Waals surface area contributed by atoms with Crippen LogP contribution in [0.15, 0.2) is 48.5 Å². The van der Waals surface area contributed by atoms with Gasteiger partial charge in [0, 0.05) is 6.08 Å². The molecule has 1 amide bonds. The summed E-state index contributed by atoms with van der Waals surface area (Å²) in [4.78, 5) is 11.9. The Morgan fingerprint density at radius 1 is 1.15 bits per heavy atom. The molecule has 140 valence electrons. The number of carbonyl (C=O) groups excluding carboxylic acids is 1. The molecule has 0 aliphatic heterocycles. The number of benzene rings is 2. The van der Waals surface area contributed by atoms with E-state index in [1.54, 1.807) is 24.3 Å². The molecule has 0 unspecified atom stereocenters. The molecule has 27 heavy (non-hydrogen) atoms. The molecule has 2 rings (SSSR count). The first kappa shape index (κ1) is 19.9. The summed E-state index contributed by atoms with van der Waals surface area (Å²) in [5, 5.41) is 11.3. The average molecular weight is 366 g/mol. The number of nitrogens with one attached hydrogen (secondary N) is 1. The SMILES string of the molecule is COc1cc(/C=C/C(=O)NCCOc2ccccc2C)ccc1OCC#N. The Hall–Kier alpha value is -3.46. The molecule has 1 N–H and O–H groups in total. The molecule has 2 aromatic rings. The van der Waals surface area contributed by atoms with Crippen LogP contribution in [0.2, 0.25) is 0 Å². The Balaban J connectivity index is 1.82. The zero-order valence-electron chi connectivity index (χ0n) is 15.4. The van der Waals surface area contributed by atoms with Gasteiger partial charge in [0.25, 0.3) is 0 Å². The van der Waals surface area contributed by atoms with Gasteiger partial charge in [0.2, 0.25) is 5.91 Å². The van der Waals surface area contributed by atoms with Gasteiger partial charge >= 0.3 is 0 Å². The molecule has 0 saturated heterocycles. The Morgan fingerprint density at radius 3 is 2.70 bits per heavy atom. The first-order chi connectivity index (χ1) is 13.1. The van der Waals surface area contributed by atoms with Crippen LogP contribution < -0.4 is 19.5 Å². The first-order valence-electron chi connectivity index (χ1n) is 8.46. The minimum Gasteiger partial charge on any atom is -0.493 e. The Kier molecular flexibility index (Phi) is 7.73. The molecule has 0 spiro atoms. The summed E-state index contributed by atoms with van der Waals surface area (Å²) in [6, 6.07) is 14.8. The lowest BCUT2D eigenvalue weighted by Crippen LogP contribution is -2.26. The topological polar surface area (TPSA) is 80.6 Å². The van der Waals surface area contributed by atoms with E-state index in [2.05, 4.69) is 5.32 Å². The van der Waals surface area contributed by atoms with Crippen LogP contribution in [0.3, 0.4) is 0 Å². The Morgan fingerprint density at radius 2 is 1.96 bits per heavy atom. The van der Waals surface area contributed by atoms with Crippen molar-refractivity contribution < 1.29 is 19.0 Å². The number of hydrogen-bond acceptors (Lipinski definition) is 5. The van der Waals surface area contributed by atoms with Crippen LogP contribution in [0.1, 0.15) is 11.1 Å². The smallest absolute Gasteiger partial charge is 0.244 e. The number of nitriles is 1. The van der Waals surface area contributed by atoms with Crippen molar-refractivity contribution in [2.24, 2.45) is 0 Å². The van der Waals surface area contributed by atoms with E-state index in [4.69, 9.17) is 19.5 Å². The third kappa shape index (κ3) is 6.40. The van der Waals surface area contributed by atoms with Crippen molar-refractivity contribution in [2.75, 3.05) is 26.9 Å². The van der Waals surface area contributed by atoms with E-state index in [0.29, 0.717) is 24.7 Å². The number of carbonyl (C=O) groups is 1. The summed E-state index contributed by atoms with van der Waals surface area (Å²) < 4.78 is 16.1. The second-order valence-corrected chi connectivity index (χ2v) is 5.60. The standard InChI is InChI=1S/C21H22N2O4/c1-16-5-3-4-6-18(16)27-14-12-23-21(24)10-8-17-7-9-19(26-13-11-22)20(15-17)25-2/h3-10,15H,12-14H2,1-2H3,(H,23,24)/b10-8+. The van der Waals surface area contributed by atoms with Gasteiger partial charge < -0.3 is 19.5 Å². The van der Waals surface area contributed by atoms with Crippen LogP contribution >= 0.6 is 0 Å². The molecule has 0 bridgehead atoms. The van der Waals surface area contributed by atoms with E-state index in [1.165, 1.54) is 13.2 Å². The summed E-state index contributed by atoms with van der Waals surface area (Å²) in [7, 11) is 1.52. The monoisotopic (exact) mass is 366 g/mol. The van der Waals surface area contributed by atoms with E-state index in [9.17, 15) is 4.79 Å². The fourth-order valence-corrected chi connectivity index (χ4v) is 2.30. The number of para-hydroxylation sites is 1. The lowest BCUT2D eigenvalue weighted by atomic mass is 10.2. The van der Waals surface area contributed by atoms with Gasteiger partial charge in [-0.25, -0.2) is 0 Å². The molecule has 0 saturated carbocycles. The molecular formula is C21H22N2O4. The van der Waals surface area contributed by atoms with Gasteiger partial charge in [0.1, 0.15) is 18.4 Å². The number of nitrogens with zero attached hydrogens (tertiary/aromatic N) is 1. The zero-order valence-corrected chi connectivity index (χ0v) is 15.4. The van der Waals surface area contributed by atoms with Gasteiger partial charge in [-0.15, -0.1) is 0 Å². The third-order valence-corrected chi connectivity index (χ3v) is 3.66. The zero-order chi connectivity index (χ0) is 19.5. The number of hydrogen-bond donors (Lipinski definition) is 1. The predicted molar refractivity (Wildman–Crippen MR) is 103 cm³/mol. The Bertz CT molecular complexity index is 840. The first-order valence-corrected chi connectivity index (χ1v) is 8.46. The van der Waals surface area contributed by atoms with Crippen molar-refractivity contribution in [1.82, 2.24) is 5.32 Å². The highest BCUT2D eigenvalue weighted by molar-refractivity contribution is 5.91. The second-order valence-electron chi connectivity index (χ2n) is 5.60. The number of methoxy groups -OCH3 is 1. The van der Waals surface area contributed by atoms with E-state index >= 15 is 0 Å². The van der Waals surface area contributed by atoms with Crippen LogP contribution in [0.4, 0.5) is 0 Å². The van der Waals surface area contributed by atoms with Gasteiger partial charge in [-0.1, -0.05) is 24.3 Å². The molecule has 0 aliphatic carbocycles. The molecule has 0 aliphatic rings. The number of amides is 1. The van der Waals surface area contributed by atoms with Crippen LogP contribution in [-0.2, 0) is 4.79 Å². The van der Waals surface area contributed by atoms with Crippen molar-refractivity contribution in [3.63, 3.8) is 0 Å². The number of ether oxygens (including phenoxy) is 3. The van der Waals surface area contributed by atoms with Gasteiger partial charge in [0.15, 0.2) is 18.1 Å². The minimum absolute atomic E-state index is 0.0570. The fraction of sp³-hybridized carbons (Fsp3) is 0.238. The molecule has 0 radical (unpaired) electrons. The van der Waals surface area contributed by atoms with Crippen molar-refractivity contribution in [3.05, 3.63) is 59.7 Å². The van der Waals surface area contributed by atoms with Gasteiger partial charge in [-0.2, -0.15) is 5.26 Å². The maximum absolute atomic E-state index is 11.9. The summed E-state index contributed by atoms with van der Waals surface area (Å²) >= 11 is 0. The Labute approximate surface area is 159 Å². The molecule has 0 fully saturated rings. The summed E-state index contributed by atoms with van der Waals surface area (Å²) in [5.41, 5.74) is 1.84. The number of rotatable bonds is 9. The largest absolute Gasteiger partial charge is 0.493 e. The molecule has 6 heteroatoms. The van der Waals surface area contributed by atoms with Crippen LogP contribution in [0, 0.1) is 18.3 Å². The molecule has 6 nitrogen and oxygen atoms in total. The molecule has 0 atom stereocenters. The number of aryl methyl sites for hydroxylation is 1. The summed E-state index contributed by atoms with van der Waals surface area (Å²) in [6.07, 6.45) is 3.12. The van der Waals surface area contributed by atoms with Crippen LogP contribution in [0.25, 0.3) is 6.08 Å². The lowest BCUT2D eigenvalue weighted by molar-refractivity contribution is -0.116. The average Bonchev–Trinajstić information content (AvgIpc) is 2.69. The fourth-order valence-electron chi connectivity index (χ4n) is 2.30. The van der Waals surface area contributed by atoms with E-state index in [-0.39, 0.29) is 12.5 Å². The van der Waals surface area contributed by atoms with Crippen molar-refractivity contribution in [2.45, 2.75) is 6.92 Å². The minimum atomic E-state index is -0.216. The van der Waals surface area contributed by atoms with Crippen LogP contribution in [0.5, 0.6) is 17.2 Å². The quantitative estimate of drug-likeness (QED) is 0.545. The van der Waals surface area contributed by atoms with Gasteiger partial charge in [0.05, 0.1) is 13.7 Å². The highest BCUT2D eigenvalue weighted by atomic mass is 16.5. The highest BCUT2D eigenvalue weighted by Crippen LogP contribution is 2.28. The van der Waals surface area contributed by atoms with Crippen molar-refractivity contribution in [1.29, 1.82) is 5.26 Å². The summed E-state index contributed by atoms with van der Waals surface area (Å²) in [5.74, 6) is 1.58. The normalized spacial score (nSPS) is 10.3. The maximum atomic E-state index is 11.9. The predicted octanol–water partition coefficient (Wildman–Crippen LogP) is 3.11. The van der Waals surface area contributed by atoms with Gasteiger partial charge in [-0.05, 0) is 42.3 Å². The molecular weight excluding hydrogens is 344 g/mol. The second kappa shape index (κ2) is 10.5. The lowest BCUT2D eigenvalue weighted by Gasteiger charge is -2.09.